The summed E-state index contributed by atoms with van der Waals surface area (Å²) in [5, 5.41) is 2.92. The molecule has 4 fully saturated rings. The number of hydrogen-bond acceptors (Lipinski definition) is 13. The van der Waals surface area contributed by atoms with Gasteiger partial charge in [0.05, 0.1) is 21.7 Å². The smallest absolute Gasteiger partial charge is 0.410 e. The maximum absolute atomic E-state index is 15.9. The summed E-state index contributed by atoms with van der Waals surface area (Å²) in [6.45, 7) is 15.5. The van der Waals surface area contributed by atoms with Gasteiger partial charge in [0.15, 0.2) is 0 Å². The van der Waals surface area contributed by atoms with Crippen molar-refractivity contribution in [2.24, 2.45) is 34.5 Å². The van der Waals surface area contributed by atoms with Crippen molar-refractivity contribution in [3.8, 4) is 0 Å². The number of halogens is 2. The van der Waals surface area contributed by atoms with Gasteiger partial charge in [-0.1, -0.05) is 13.0 Å². The Morgan fingerprint density at radius 2 is 1.49 bits per heavy atom. The minimum atomic E-state index is -5.49. The van der Waals surface area contributed by atoms with Gasteiger partial charge in [-0.15, -0.1) is 11.3 Å². The number of nitrogens with zero attached hydrogens (tertiary/aromatic N) is 2. The SMILES string of the molecule is CC1CC1C[C@@H](C=O)NC(=O)c1cc2cc(C(F)(F)P(=O)(OCOC(=O)C(C)(C)C)OCOC(=O)C(C)(C)C)ccc2s1.CN1CCCC1.O=CN1CC(C2CCOCC2)C1. The molecule has 0 bridgehead atoms. The van der Waals surface area contributed by atoms with Crippen LogP contribution in [0.5, 0.6) is 0 Å². The number of likely N-dealkylation sites (tertiary alicyclic amines) is 2. The van der Waals surface area contributed by atoms with Gasteiger partial charge in [-0.25, -0.2) is 0 Å². The number of amides is 2. The third-order valence-electron chi connectivity index (χ3n) is 11.1. The normalized spacial score (nSPS) is 20.6. The van der Waals surface area contributed by atoms with Crippen LogP contribution in [0, 0.1) is 34.5 Å². The zero-order chi connectivity index (χ0) is 45.2. The van der Waals surface area contributed by atoms with Gasteiger partial charge in [0, 0.05) is 36.6 Å². The van der Waals surface area contributed by atoms with E-state index in [0.29, 0.717) is 29.2 Å². The van der Waals surface area contributed by atoms with Gasteiger partial charge in [-0.05, 0) is 147 Å². The lowest BCUT2D eigenvalue weighted by molar-refractivity contribution is -0.163. The lowest BCUT2D eigenvalue weighted by Crippen LogP contribution is -2.49. The molecule has 6 rings (SSSR count). The van der Waals surface area contributed by atoms with Crippen molar-refractivity contribution in [2.45, 2.75) is 98.7 Å². The van der Waals surface area contributed by atoms with Gasteiger partial charge in [0.1, 0.15) is 6.29 Å². The van der Waals surface area contributed by atoms with Crippen LogP contribution in [0.2, 0.25) is 0 Å². The highest BCUT2D eigenvalue weighted by molar-refractivity contribution is 7.54. The van der Waals surface area contributed by atoms with E-state index < -0.39 is 67.1 Å². The van der Waals surface area contributed by atoms with Crippen molar-refractivity contribution in [1.82, 2.24) is 15.1 Å². The first-order valence-electron chi connectivity index (χ1n) is 20.9. The van der Waals surface area contributed by atoms with Crippen molar-refractivity contribution in [3.05, 3.63) is 34.7 Å². The molecule has 61 heavy (non-hydrogen) atoms. The number of hydrogen-bond donors (Lipinski definition) is 1. The Labute approximate surface area is 362 Å². The van der Waals surface area contributed by atoms with Crippen LogP contribution in [0.15, 0.2) is 24.3 Å². The number of carbonyl (C=O) groups excluding carboxylic acids is 5. The van der Waals surface area contributed by atoms with Crippen LogP contribution in [-0.2, 0) is 52.7 Å². The second kappa shape index (κ2) is 21.8. The minimum Gasteiger partial charge on any atom is -0.438 e. The number of ether oxygens (including phenoxy) is 3. The molecule has 3 aliphatic heterocycles. The molecule has 342 valence electrons. The first-order chi connectivity index (χ1) is 28.6. The first kappa shape index (κ1) is 50.3. The maximum atomic E-state index is 15.9. The average molecular weight is 900 g/mol. The molecule has 1 aromatic carbocycles. The van der Waals surface area contributed by atoms with Gasteiger partial charge in [0.2, 0.25) is 20.0 Å². The number of thiophene rings is 1. The predicted octanol–water partition coefficient (Wildman–Crippen LogP) is 7.83. The molecule has 2 unspecified atom stereocenters. The van der Waals surface area contributed by atoms with E-state index in [1.165, 1.54) is 92.4 Å². The average Bonchev–Trinajstić information content (AvgIpc) is 3.48. The molecule has 1 N–H and O–H groups in total. The van der Waals surface area contributed by atoms with Gasteiger partial charge >= 0.3 is 25.2 Å². The van der Waals surface area contributed by atoms with Crippen LogP contribution in [0.1, 0.15) is 102 Å². The largest absolute Gasteiger partial charge is 0.438 e. The van der Waals surface area contributed by atoms with Crippen LogP contribution in [0.4, 0.5) is 8.78 Å². The van der Waals surface area contributed by atoms with Gasteiger partial charge in [0.25, 0.3) is 5.91 Å². The Balaban J connectivity index is 0.000000368. The zero-order valence-electron chi connectivity index (χ0n) is 36.7. The Morgan fingerprint density at radius 1 is 0.934 bits per heavy atom. The second-order valence-electron chi connectivity index (χ2n) is 18.5. The van der Waals surface area contributed by atoms with Crippen molar-refractivity contribution >= 4 is 59.6 Å². The summed E-state index contributed by atoms with van der Waals surface area (Å²) in [5.41, 5.74) is -7.05. The highest BCUT2D eigenvalue weighted by Gasteiger charge is 2.56. The van der Waals surface area contributed by atoms with Gasteiger partial charge in [-0.2, -0.15) is 8.78 Å². The number of carbonyl (C=O) groups is 5. The molecule has 0 spiro atoms. The highest BCUT2D eigenvalue weighted by Crippen LogP contribution is 2.67. The third kappa shape index (κ3) is 14.6. The fourth-order valence-corrected chi connectivity index (χ4v) is 9.05. The number of aldehydes is 1. The first-order valence-corrected chi connectivity index (χ1v) is 23.3. The third-order valence-corrected chi connectivity index (χ3v) is 14.1. The minimum absolute atomic E-state index is 0.199. The van der Waals surface area contributed by atoms with Crippen molar-refractivity contribution in [3.63, 3.8) is 0 Å². The summed E-state index contributed by atoms with van der Waals surface area (Å²) in [5.74, 6) is 0.346. The van der Waals surface area contributed by atoms with Crippen molar-refractivity contribution in [1.29, 1.82) is 0 Å². The fourth-order valence-electron chi connectivity index (χ4n) is 6.87. The molecule has 1 saturated carbocycles. The molecule has 18 heteroatoms. The molecule has 1 aliphatic carbocycles. The summed E-state index contributed by atoms with van der Waals surface area (Å²) >= 11 is 1.04. The molecular weight excluding hydrogens is 836 g/mol. The zero-order valence-corrected chi connectivity index (χ0v) is 38.5. The van der Waals surface area contributed by atoms with E-state index >= 15 is 8.78 Å². The lowest BCUT2D eigenvalue weighted by atomic mass is 9.81. The quantitative estimate of drug-likeness (QED) is 0.0798. The molecule has 4 aliphatic rings. The van der Waals surface area contributed by atoms with Crippen LogP contribution in [0.25, 0.3) is 10.1 Å². The Morgan fingerprint density at radius 3 is 1.95 bits per heavy atom. The molecule has 1 aromatic heterocycles. The lowest BCUT2D eigenvalue weighted by Gasteiger charge is -2.42. The monoisotopic (exact) mass is 899 g/mol. The van der Waals surface area contributed by atoms with Crippen molar-refractivity contribution in [2.75, 3.05) is 60.0 Å². The van der Waals surface area contributed by atoms with Crippen molar-refractivity contribution < 1.29 is 60.6 Å². The molecule has 2 aromatic rings. The van der Waals surface area contributed by atoms with E-state index in [4.69, 9.17) is 23.3 Å². The van der Waals surface area contributed by atoms with E-state index in [1.54, 1.807) is 0 Å². The summed E-state index contributed by atoms with van der Waals surface area (Å²) < 4.78 is 70.6. The number of fused-ring (bicyclic) bond motifs is 1. The molecular formula is C43H64F2N3O11PS. The predicted molar refractivity (Wildman–Crippen MR) is 227 cm³/mol. The van der Waals surface area contributed by atoms with Crippen LogP contribution in [-0.4, -0.2) is 106 Å². The number of benzene rings is 1. The molecule has 0 radical (unpaired) electrons. The van der Waals surface area contributed by atoms with E-state index in [9.17, 15) is 28.5 Å². The Kier molecular flexibility index (Phi) is 18.0. The van der Waals surface area contributed by atoms with Gasteiger partial charge < -0.3 is 34.1 Å². The van der Waals surface area contributed by atoms with Crippen LogP contribution < -0.4 is 5.32 Å². The molecule has 3 saturated heterocycles. The van der Waals surface area contributed by atoms with E-state index in [1.807, 2.05) is 4.90 Å². The molecule has 14 nitrogen and oxygen atoms in total. The summed E-state index contributed by atoms with van der Waals surface area (Å²) in [7, 11) is -3.32. The number of esters is 2. The second-order valence-corrected chi connectivity index (χ2v) is 21.6. The Bertz CT molecular complexity index is 1810. The van der Waals surface area contributed by atoms with Crippen LogP contribution >= 0.6 is 18.9 Å². The maximum Gasteiger partial charge on any atom is 0.410 e. The van der Waals surface area contributed by atoms with E-state index in [0.717, 1.165) is 74.4 Å². The van der Waals surface area contributed by atoms with E-state index in [2.05, 4.69) is 24.2 Å². The highest BCUT2D eigenvalue weighted by atomic mass is 32.1. The van der Waals surface area contributed by atoms with Gasteiger partial charge in [-0.3, -0.25) is 32.8 Å². The summed E-state index contributed by atoms with van der Waals surface area (Å²) in [6.07, 6.45) is 8.38. The van der Waals surface area contributed by atoms with Crippen LogP contribution in [0.3, 0.4) is 0 Å². The van der Waals surface area contributed by atoms with E-state index in [-0.39, 0.29) is 10.3 Å². The fraction of sp³-hybridized carbons (Fsp3) is 0.698. The molecule has 2 amide bonds. The summed E-state index contributed by atoms with van der Waals surface area (Å²) in [6, 6.07) is 4.09. The number of alkyl halides is 2. The summed E-state index contributed by atoms with van der Waals surface area (Å²) in [4.78, 5) is 63.2. The molecule has 3 atom stereocenters. The Hall–Kier alpha value is -3.34. The number of rotatable bonds is 15. The standard InChI is InChI=1S/C29H38F2NO9PS.C9H15NO2.C5H11N/c1-17-10-18(17)12-21(14-33)32-24(34)23-13-19-11-20(8-9-22(19)43-23)29(30,31)42(37,40-15-38-25(35)27(2,3)4)41-16-39-26(36)28(5,6)7;11-7-10-5-9(6-10)8-1-3-12-4-2-8;1-6-4-2-3-5-6/h8-9,11,13-14,17-18,21H,10,12,15-16H2,1-7H3,(H,32,34);7-9H,1-6H2;2-5H2,1H3/t17?,18?,21-;;/m0../s1. The molecule has 4 heterocycles. The topological polar surface area (TPSA) is 167 Å². The number of nitrogens with one attached hydrogen (secondary N) is 1.